The van der Waals surface area contributed by atoms with E-state index < -0.39 is 0 Å². The van der Waals surface area contributed by atoms with E-state index in [9.17, 15) is 0 Å². The third-order valence-electron chi connectivity index (χ3n) is 4.77. The fraction of sp³-hybridized carbons (Fsp3) is 0.579. The van der Waals surface area contributed by atoms with Crippen LogP contribution in [0.4, 0.5) is 0 Å². The predicted molar refractivity (Wildman–Crippen MR) is 88.6 cm³/mol. The van der Waals surface area contributed by atoms with E-state index >= 15 is 0 Å². The van der Waals surface area contributed by atoms with Crippen LogP contribution < -0.4 is 4.74 Å². The van der Waals surface area contributed by atoms with Gasteiger partial charge in [0.25, 0.3) is 0 Å². The average Bonchev–Trinajstić information content (AvgIpc) is 3.34. The number of piperidine rings is 1. The maximum absolute atomic E-state index is 5.19. The lowest BCUT2D eigenvalue weighted by Gasteiger charge is -2.35. The van der Waals surface area contributed by atoms with Gasteiger partial charge in [-0.15, -0.1) is 0 Å². The summed E-state index contributed by atoms with van der Waals surface area (Å²) in [6.45, 7) is 2.67. The van der Waals surface area contributed by atoms with E-state index in [2.05, 4.69) is 29.2 Å². The lowest BCUT2D eigenvalue weighted by molar-refractivity contribution is 0.143. The minimum Gasteiger partial charge on any atom is -0.497 e. The monoisotopic (exact) mass is 285 g/mol. The first kappa shape index (κ1) is 14.6. The van der Waals surface area contributed by atoms with Crippen molar-refractivity contribution in [2.75, 3.05) is 20.2 Å². The van der Waals surface area contributed by atoms with Crippen molar-refractivity contribution in [2.24, 2.45) is 5.92 Å². The molecule has 2 heteroatoms. The van der Waals surface area contributed by atoms with Crippen molar-refractivity contribution in [1.29, 1.82) is 0 Å². The molecule has 2 fully saturated rings. The molecular weight excluding hydrogens is 258 g/mol. The van der Waals surface area contributed by atoms with Gasteiger partial charge in [-0.2, -0.15) is 0 Å². The predicted octanol–water partition coefficient (Wildman–Crippen LogP) is 4.36. The maximum atomic E-state index is 5.19. The molecule has 114 valence electrons. The molecule has 2 aliphatic rings. The number of methoxy groups -OCH3 is 1. The average molecular weight is 285 g/mol. The lowest BCUT2D eigenvalue weighted by Crippen LogP contribution is -2.40. The highest BCUT2D eigenvalue weighted by molar-refractivity contribution is 5.50. The minimum atomic E-state index is 0.772. The van der Waals surface area contributed by atoms with Gasteiger partial charge in [0.1, 0.15) is 5.75 Å². The molecule has 3 rings (SSSR count). The number of rotatable bonds is 6. The van der Waals surface area contributed by atoms with Gasteiger partial charge < -0.3 is 4.74 Å². The van der Waals surface area contributed by atoms with E-state index in [0.29, 0.717) is 0 Å². The number of hydrogen-bond donors (Lipinski definition) is 0. The molecule has 0 N–H and O–H groups in total. The summed E-state index contributed by atoms with van der Waals surface area (Å²) in [6.07, 6.45) is 12.9. The molecule has 0 radical (unpaired) electrons. The molecule has 1 aromatic rings. The second-order valence-electron chi connectivity index (χ2n) is 6.50. The highest BCUT2D eigenvalue weighted by Crippen LogP contribution is 2.32. The summed E-state index contributed by atoms with van der Waals surface area (Å²) < 4.78 is 5.19. The van der Waals surface area contributed by atoms with Crippen LogP contribution in [0.5, 0.6) is 5.75 Å². The summed E-state index contributed by atoms with van der Waals surface area (Å²) in [7, 11) is 1.71. The fourth-order valence-corrected chi connectivity index (χ4v) is 3.28. The molecule has 2 nitrogen and oxygen atoms in total. The highest BCUT2D eigenvalue weighted by atomic mass is 16.5. The summed E-state index contributed by atoms with van der Waals surface area (Å²) in [5.74, 6) is 1.94. The molecule has 0 amide bonds. The van der Waals surface area contributed by atoms with Crippen molar-refractivity contribution in [1.82, 2.24) is 4.90 Å². The van der Waals surface area contributed by atoms with Gasteiger partial charge in [-0.05, 0) is 62.3 Å². The number of ether oxygens (including phenoxy) is 1. The highest BCUT2D eigenvalue weighted by Gasteiger charge is 2.28. The van der Waals surface area contributed by atoms with Crippen molar-refractivity contribution in [3.8, 4) is 5.75 Å². The van der Waals surface area contributed by atoms with Gasteiger partial charge in [-0.3, -0.25) is 4.90 Å². The number of benzene rings is 1. The van der Waals surface area contributed by atoms with Crippen LogP contribution in [0.15, 0.2) is 30.3 Å². The maximum Gasteiger partial charge on any atom is 0.118 e. The van der Waals surface area contributed by atoms with Crippen molar-refractivity contribution in [3.05, 3.63) is 35.9 Å². The Bertz CT molecular complexity index is 461. The Kier molecular flexibility index (Phi) is 4.97. The normalized spacial score (nSPS) is 23.6. The molecule has 0 aromatic heterocycles. The number of nitrogens with zero attached hydrogens (tertiary/aromatic N) is 1. The molecule has 1 aliphatic heterocycles. The van der Waals surface area contributed by atoms with E-state index in [1.807, 2.05) is 12.1 Å². The van der Waals surface area contributed by atoms with Gasteiger partial charge >= 0.3 is 0 Å². The van der Waals surface area contributed by atoms with Crippen molar-refractivity contribution in [3.63, 3.8) is 0 Å². The summed E-state index contributed by atoms with van der Waals surface area (Å²) in [5, 5.41) is 0. The van der Waals surface area contributed by atoms with Crippen LogP contribution >= 0.6 is 0 Å². The van der Waals surface area contributed by atoms with Crippen LogP contribution in [0.3, 0.4) is 0 Å². The molecule has 0 bridgehead atoms. The third-order valence-corrected chi connectivity index (χ3v) is 4.77. The summed E-state index contributed by atoms with van der Waals surface area (Å²) in [4.78, 5) is 2.75. The van der Waals surface area contributed by atoms with Crippen LogP contribution in [0.1, 0.15) is 44.1 Å². The molecule has 1 saturated carbocycles. The summed E-state index contributed by atoms with van der Waals surface area (Å²) in [6, 6.07) is 9.07. The lowest BCUT2D eigenvalue weighted by atomic mass is 9.98. The van der Waals surface area contributed by atoms with E-state index in [1.54, 1.807) is 7.11 Å². The molecule has 0 spiro atoms. The van der Waals surface area contributed by atoms with E-state index in [1.165, 1.54) is 57.2 Å². The van der Waals surface area contributed by atoms with Crippen LogP contribution in [0.2, 0.25) is 0 Å². The molecule has 1 aromatic carbocycles. The molecule has 1 aliphatic carbocycles. The molecule has 1 heterocycles. The fourth-order valence-electron chi connectivity index (χ4n) is 3.28. The Balaban J connectivity index is 1.52. The standard InChI is InChI=1S/C19H27NO/c1-21-19-12-10-16(11-13-19)5-4-7-18-6-2-3-14-20(18)15-17-8-9-17/h4-5,10-13,17-18H,2-3,6-9,14-15H2,1H3/b5-4+. The topological polar surface area (TPSA) is 12.5 Å². The Morgan fingerprint density at radius 3 is 2.67 bits per heavy atom. The quantitative estimate of drug-likeness (QED) is 0.770. The molecule has 1 atom stereocenters. The minimum absolute atomic E-state index is 0.772. The van der Waals surface area contributed by atoms with E-state index in [4.69, 9.17) is 4.74 Å². The van der Waals surface area contributed by atoms with Gasteiger partial charge in [0, 0.05) is 12.6 Å². The first-order valence-corrected chi connectivity index (χ1v) is 8.40. The zero-order valence-corrected chi connectivity index (χ0v) is 13.1. The Hall–Kier alpha value is -1.28. The zero-order chi connectivity index (χ0) is 14.5. The van der Waals surface area contributed by atoms with Gasteiger partial charge in [-0.25, -0.2) is 0 Å². The largest absolute Gasteiger partial charge is 0.497 e. The van der Waals surface area contributed by atoms with Crippen molar-refractivity contribution in [2.45, 2.75) is 44.6 Å². The number of hydrogen-bond acceptors (Lipinski definition) is 2. The zero-order valence-electron chi connectivity index (χ0n) is 13.1. The van der Waals surface area contributed by atoms with Gasteiger partial charge in [-0.1, -0.05) is 30.7 Å². The second-order valence-corrected chi connectivity index (χ2v) is 6.50. The smallest absolute Gasteiger partial charge is 0.118 e. The molecule has 1 unspecified atom stereocenters. The van der Waals surface area contributed by atoms with E-state index in [-0.39, 0.29) is 0 Å². The first-order chi connectivity index (χ1) is 10.3. The van der Waals surface area contributed by atoms with Crippen LogP contribution in [0.25, 0.3) is 6.08 Å². The van der Waals surface area contributed by atoms with Crippen molar-refractivity contribution >= 4 is 6.08 Å². The van der Waals surface area contributed by atoms with E-state index in [0.717, 1.165) is 17.7 Å². The summed E-state index contributed by atoms with van der Waals surface area (Å²) >= 11 is 0. The van der Waals surface area contributed by atoms with Crippen LogP contribution in [-0.2, 0) is 0 Å². The van der Waals surface area contributed by atoms with Crippen molar-refractivity contribution < 1.29 is 4.74 Å². The molecule has 1 saturated heterocycles. The van der Waals surface area contributed by atoms with Gasteiger partial charge in [0.15, 0.2) is 0 Å². The van der Waals surface area contributed by atoms with Crippen LogP contribution in [-0.4, -0.2) is 31.1 Å². The Labute approximate surface area is 128 Å². The second kappa shape index (κ2) is 7.13. The Morgan fingerprint density at radius 1 is 1.14 bits per heavy atom. The SMILES string of the molecule is COc1ccc(/C=C/CC2CCCCN2CC2CC2)cc1. The van der Waals surface area contributed by atoms with Gasteiger partial charge in [0.2, 0.25) is 0 Å². The first-order valence-electron chi connectivity index (χ1n) is 8.40. The Morgan fingerprint density at radius 2 is 1.95 bits per heavy atom. The third kappa shape index (κ3) is 4.34. The van der Waals surface area contributed by atoms with Crippen LogP contribution in [0, 0.1) is 5.92 Å². The van der Waals surface area contributed by atoms with Gasteiger partial charge in [0.05, 0.1) is 7.11 Å². The summed E-state index contributed by atoms with van der Waals surface area (Å²) in [5.41, 5.74) is 1.26. The number of likely N-dealkylation sites (tertiary alicyclic amines) is 1. The molecule has 21 heavy (non-hydrogen) atoms. The molecular formula is C19H27NO.